The minimum atomic E-state index is 0.508. The molecule has 2 rings (SSSR count). The van der Waals surface area contributed by atoms with Gasteiger partial charge in [-0.25, -0.2) is 4.68 Å². The van der Waals surface area contributed by atoms with E-state index in [1.165, 1.54) is 0 Å². The number of rotatable bonds is 3. The predicted molar refractivity (Wildman–Crippen MR) is 83.2 cm³/mol. The summed E-state index contributed by atoms with van der Waals surface area (Å²) in [5, 5.41) is 13.0. The third kappa shape index (κ3) is 3.00. The number of allylic oxidation sites excluding steroid dienone is 2. The highest BCUT2D eigenvalue weighted by Gasteiger charge is 2.08. The van der Waals surface area contributed by atoms with Gasteiger partial charge in [0, 0.05) is 7.05 Å². The molecule has 0 aliphatic heterocycles. The maximum atomic E-state index is 5.29. The largest absolute Gasteiger partial charge is 0.330 e. The van der Waals surface area contributed by atoms with E-state index >= 15 is 0 Å². The van der Waals surface area contributed by atoms with Crippen molar-refractivity contribution in [1.29, 1.82) is 0 Å². The molecule has 7 heteroatoms. The Morgan fingerprint density at radius 2 is 1.85 bits per heavy atom. The molecule has 2 aromatic rings. The van der Waals surface area contributed by atoms with Crippen LogP contribution >= 0.6 is 12.2 Å². The van der Waals surface area contributed by atoms with Gasteiger partial charge >= 0.3 is 0 Å². The second kappa shape index (κ2) is 7.34. The second-order valence-corrected chi connectivity index (χ2v) is 3.86. The van der Waals surface area contributed by atoms with Gasteiger partial charge in [-0.05, 0) is 34.8 Å². The Kier molecular flexibility index (Phi) is 5.79. The molecule has 0 aliphatic carbocycles. The van der Waals surface area contributed by atoms with Crippen LogP contribution in [-0.2, 0) is 7.05 Å². The molecule has 0 aromatic carbocycles. The van der Waals surface area contributed by atoms with Crippen LogP contribution in [0.3, 0.4) is 0 Å². The molecule has 0 saturated heterocycles. The van der Waals surface area contributed by atoms with Crippen LogP contribution in [0.25, 0.3) is 18.1 Å². The topological polar surface area (TPSA) is 64.3 Å². The van der Waals surface area contributed by atoms with Crippen molar-refractivity contribution >= 4 is 24.4 Å². The number of hydrogen-bond donors (Lipinski definition) is 1. The zero-order valence-electron chi connectivity index (χ0n) is 11.9. The van der Waals surface area contributed by atoms with Gasteiger partial charge in [0.05, 0.1) is 10.7 Å². The number of nitrogens with zero attached hydrogens (tertiary/aromatic N) is 5. The van der Waals surface area contributed by atoms with Crippen molar-refractivity contribution in [1.82, 2.24) is 29.8 Å². The molecule has 0 bridgehead atoms. The van der Waals surface area contributed by atoms with E-state index in [9.17, 15) is 0 Å². The van der Waals surface area contributed by atoms with Crippen molar-refractivity contribution in [2.75, 3.05) is 0 Å². The van der Waals surface area contributed by atoms with Crippen molar-refractivity contribution in [3.8, 4) is 5.95 Å². The standard InChI is InChI=1S/C11H12N6S.C2H6/c1-4-6-8-9(7-5-2)17(11(18)12-8)10-13-14-15-16(10)3;1-2/h4-7H,1-2H2,3H3,(H,12,18);1-2H3/b8-6+,9-7+;. The Bertz CT molecular complexity index is 762. The number of nitrogens with one attached hydrogen (secondary N) is 1. The average molecular weight is 290 g/mol. The Balaban J connectivity index is 0.000000956. The summed E-state index contributed by atoms with van der Waals surface area (Å²) in [7, 11) is 1.75. The molecule has 1 N–H and O–H groups in total. The van der Waals surface area contributed by atoms with Crippen LogP contribution in [0.2, 0.25) is 0 Å². The van der Waals surface area contributed by atoms with E-state index in [-0.39, 0.29) is 0 Å². The minimum absolute atomic E-state index is 0.508. The van der Waals surface area contributed by atoms with E-state index in [4.69, 9.17) is 12.2 Å². The van der Waals surface area contributed by atoms with Crippen molar-refractivity contribution in [3.63, 3.8) is 0 Å². The lowest BCUT2D eigenvalue weighted by molar-refractivity contribution is 0.686. The number of hydrogen-bond acceptors (Lipinski definition) is 4. The van der Waals surface area contributed by atoms with Gasteiger partial charge in [-0.15, -0.1) is 0 Å². The van der Waals surface area contributed by atoms with Gasteiger partial charge in [-0.3, -0.25) is 4.57 Å². The first-order valence-electron chi connectivity index (χ1n) is 6.18. The number of aromatic amines is 1. The number of aromatic nitrogens is 6. The van der Waals surface area contributed by atoms with E-state index in [0.717, 1.165) is 10.7 Å². The summed E-state index contributed by atoms with van der Waals surface area (Å²) >= 11 is 5.29. The molecule has 0 radical (unpaired) electrons. The van der Waals surface area contributed by atoms with Gasteiger partial charge in [0.25, 0.3) is 5.95 Å². The third-order valence-corrected chi connectivity index (χ3v) is 2.60. The summed E-state index contributed by atoms with van der Waals surface area (Å²) in [6.07, 6.45) is 7.01. The maximum Gasteiger partial charge on any atom is 0.256 e. The first-order chi connectivity index (χ1) is 9.69. The quantitative estimate of drug-likeness (QED) is 0.857. The minimum Gasteiger partial charge on any atom is -0.330 e. The maximum absolute atomic E-state index is 5.29. The second-order valence-electron chi connectivity index (χ2n) is 3.47. The number of tetrazole rings is 1. The summed E-state index contributed by atoms with van der Waals surface area (Å²) in [5.41, 5.74) is 0. The molecule has 20 heavy (non-hydrogen) atoms. The van der Waals surface area contributed by atoms with Crippen LogP contribution in [0.5, 0.6) is 0 Å². The molecule has 0 atom stereocenters. The highest BCUT2D eigenvalue weighted by atomic mass is 32.1. The first-order valence-corrected chi connectivity index (χ1v) is 6.59. The fourth-order valence-electron chi connectivity index (χ4n) is 1.60. The fraction of sp³-hybridized carbons (Fsp3) is 0.231. The van der Waals surface area contributed by atoms with Gasteiger partial charge in [0.15, 0.2) is 4.77 Å². The normalized spacial score (nSPS) is 11.9. The highest BCUT2D eigenvalue weighted by Crippen LogP contribution is 1.95. The number of imidazole rings is 1. The van der Waals surface area contributed by atoms with E-state index < -0.39 is 0 Å². The molecule has 0 spiro atoms. The lowest BCUT2D eigenvalue weighted by Gasteiger charge is -1.98. The van der Waals surface area contributed by atoms with Crippen LogP contribution < -0.4 is 10.7 Å². The molecule has 0 fully saturated rings. The van der Waals surface area contributed by atoms with Gasteiger partial charge in [-0.1, -0.05) is 44.3 Å². The average Bonchev–Trinajstić information content (AvgIpc) is 2.98. The molecule has 106 valence electrons. The van der Waals surface area contributed by atoms with Gasteiger partial charge in [0.2, 0.25) is 0 Å². The third-order valence-electron chi connectivity index (χ3n) is 2.32. The van der Waals surface area contributed by atoms with E-state index in [2.05, 4.69) is 33.7 Å². The van der Waals surface area contributed by atoms with Crippen molar-refractivity contribution in [2.45, 2.75) is 13.8 Å². The highest BCUT2D eigenvalue weighted by molar-refractivity contribution is 7.71. The fourth-order valence-corrected chi connectivity index (χ4v) is 1.89. The first kappa shape index (κ1) is 15.8. The zero-order valence-corrected chi connectivity index (χ0v) is 12.7. The van der Waals surface area contributed by atoms with Crippen LogP contribution in [0.4, 0.5) is 0 Å². The Morgan fingerprint density at radius 3 is 2.35 bits per heavy atom. The SMILES string of the molecule is C=C/C=c1/[nH]c(=S)n(-c2nnnn2C)/c1=C/C=C.CC. The molecular formula is C13H18N6S. The molecule has 2 heterocycles. The number of aryl methyl sites for hydroxylation is 1. The molecular weight excluding hydrogens is 272 g/mol. The van der Waals surface area contributed by atoms with E-state index in [1.807, 2.05) is 26.0 Å². The molecule has 0 aliphatic rings. The molecule has 2 aromatic heterocycles. The van der Waals surface area contributed by atoms with E-state index in [1.54, 1.807) is 28.4 Å². The van der Waals surface area contributed by atoms with Crippen LogP contribution in [0.1, 0.15) is 13.8 Å². The van der Waals surface area contributed by atoms with Crippen LogP contribution in [0.15, 0.2) is 25.3 Å². The molecule has 0 unspecified atom stereocenters. The molecule has 0 amide bonds. The summed E-state index contributed by atoms with van der Waals surface area (Å²) in [6.45, 7) is 11.4. The Morgan fingerprint density at radius 1 is 1.20 bits per heavy atom. The smallest absolute Gasteiger partial charge is 0.256 e. The van der Waals surface area contributed by atoms with Gasteiger partial charge in [0.1, 0.15) is 0 Å². The monoisotopic (exact) mass is 290 g/mol. The summed E-state index contributed by atoms with van der Waals surface area (Å²) in [6, 6.07) is 0. The van der Waals surface area contributed by atoms with E-state index in [0.29, 0.717) is 10.7 Å². The Labute approximate surface area is 122 Å². The van der Waals surface area contributed by atoms with Crippen molar-refractivity contribution in [3.05, 3.63) is 40.8 Å². The zero-order chi connectivity index (χ0) is 15.1. The van der Waals surface area contributed by atoms with Crippen LogP contribution in [-0.4, -0.2) is 29.8 Å². The Hall–Kier alpha value is -2.28. The lowest BCUT2D eigenvalue weighted by Crippen LogP contribution is -2.30. The summed E-state index contributed by atoms with van der Waals surface area (Å²) < 4.78 is 3.79. The van der Waals surface area contributed by atoms with Gasteiger partial charge in [-0.2, -0.15) is 0 Å². The lowest BCUT2D eigenvalue weighted by atomic mass is 10.4. The van der Waals surface area contributed by atoms with Gasteiger partial charge < -0.3 is 4.98 Å². The van der Waals surface area contributed by atoms with Crippen LogP contribution in [0, 0.1) is 4.77 Å². The van der Waals surface area contributed by atoms with Crippen molar-refractivity contribution in [2.24, 2.45) is 7.05 Å². The van der Waals surface area contributed by atoms with Crippen molar-refractivity contribution < 1.29 is 0 Å². The summed E-state index contributed by atoms with van der Waals surface area (Å²) in [5.74, 6) is 0.535. The molecule has 6 nitrogen and oxygen atoms in total. The number of H-pyrrole nitrogens is 1. The summed E-state index contributed by atoms with van der Waals surface area (Å²) in [4.78, 5) is 3.08. The predicted octanol–water partition coefficient (Wildman–Crippen LogP) is 1.02. The molecule has 0 saturated carbocycles.